The topological polar surface area (TPSA) is 66.3 Å². The first-order valence-electron chi connectivity index (χ1n) is 10.9. The minimum atomic E-state index is -0.0183. The van der Waals surface area contributed by atoms with Crippen LogP contribution in [0, 0.1) is 0 Å². The molecule has 7 nitrogen and oxygen atoms in total. The van der Waals surface area contributed by atoms with Crippen molar-refractivity contribution in [3.63, 3.8) is 0 Å². The molecule has 0 bridgehead atoms. The van der Waals surface area contributed by atoms with Gasteiger partial charge >= 0.3 is 0 Å². The Bertz CT molecular complexity index is 1030. The van der Waals surface area contributed by atoms with Crippen LogP contribution in [0.3, 0.4) is 0 Å². The first-order valence-corrected chi connectivity index (χ1v) is 12.3. The van der Waals surface area contributed by atoms with Gasteiger partial charge in [-0.05, 0) is 63.8 Å². The second-order valence-electron chi connectivity index (χ2n) is 8.04. The number of thioether (sulfide) groups is 1. The number of amides is 1. The van der Waals surface area contributed by atoms with Crippen molar-refractivity contribution < 1.29 is 4.79 Å². The zero-order valence-corrected chi connectivity index (χ0v) is 21.1. The molecule has 0 radical (unpaired) electrons. The third-order valence-electron chi connectivity index (χ3n) is 5.41. The van der Waals surface area contributed by atoms with Crippen LogP contribution < -0.4 is 10.2 Å². The Kier molecular flexibility index (Phi) is 9.17. The number of nitrogens with one attached hydrogen (secondary N) is 1. The maximum atomic E-state index is 12.4. The second-order valence-corrected chi connectivity index (χ2v) is 9.42. The molecule has 0 aliphatic heterocycles. The molecule has 1 heterocycles. The minimum absolute atomic E-state index is 0.0183. The molecule has 1 aromatic heterocycles. The molecular formula is C24H31ClN6OS. The molecule has 0 saturated carbocycles. The van der Waals surface area contributed by atoms with Crippen molar-refractivity contribution in [2.45, 2.75) is 24.5 Å². The van der Waals surface area contributed by atoms with Gasteiger partial charge in [-0.2, -0.15) is 0 Å². The standard InChI is InChI=1S/C24H31ClN6OS/c1-18(29(2)3)23-27-28-24(31(23)21-13-11-19(25)12-14-21)33-17-22(32)26-15-8-16-30(4)20-9-6-5-7-10-20/h5-7,9-14,18H,8,15-17H2,1-4H3,(H,26,32). The van der Waals surface area contributed by atoms with Gasteiger partial charge in [-0.25, -0.2) is 0 Å². The maximum Gasteiger partial charge on any atom is 0.230 e. The number of halogens is 1. The third-order valence-corrected chi connectivity index (χ3v) is 6.59. The van der Waals surface area contributed by atoms with Crippen molar-refractivity contribution in [2.75, 3.05) is 44.9 Å². The van der Waals surface area contributed by atoms with E-state index >= 15 is 0 Å². The number of anilines is 1. The van der Waals surface area contributed by atoms with E-state index < -0.39 is 0 Å². The molecule has 0 aliphatic rings. The van der Waals surface area contributed by atoms with E-state index in [4.69, 9.17) is 11.6 Å². The molecule has 33 heavy (non-hydrogen) atoms. The van der Waals surface area contributed by atoms with Crippen molar-refractivity contribution in [3.05, 3.63) is 65.4 Å². The largest absolute Gasteiger partial charge is 0.375 e. The van der Waals surface area contributed by atoms with Crippen molar-refractivity contribution in [1.29, 1.82) is 0 Å². The fraction of sp³-hybridized carbons (Fsp3) is 0.375. The third kappa shape index (κ3) is 6.96. The number of carbonyl (C=O) groups excluding carboxylic acids is 1. The number of nitrogens with zero attached hydrogens (tertiary/aromatic N) is 5. The lowest BCUT2D eigenvalue weighted by Crippen LogP contribution is -2.29. The predicted molar refractivity (Wildman–Crippen MR) is 137 cm³/mol. The highest BCUT2D eigenvalue weighted by molar-refractivity contribution is 7.99. The Morgan fingerprint density at radius 2 is 1.79 bits per heavy atom. The number of benzene rings is 2. The highest BCUT2D eigenvalue weighted by Gasteiger charge is 2.21. The average Bonchev–Trinajstić information content (AvgIpc) is 3.24. The number of hydrogen-bond donors (Lipinski definition) is 1. The van der Waals surface area contributed by atoms with Crippen molar-refractivity contribution in [2.24, 2.45) is 0 Å². The van der Waals surface area contributed by atoms with Gasteiger partial charge in [0, 0.05) is 36.5 Å². The van der Waals surface area contributed by atoms with Gasteiger partial charge in [0.25, 0.3) is 0 Å². The molecular weight excluding hydrogens is 456 g/mol. The molecule has 9 heteroatoms. The molecule has 1 N–H and O–H groups in total. The summed E-state index contributed by atoms with van der Waals surface area (Å²) in [5.74, 6) is 1.07. The summed E-state index contributed by atoms with van der Waals surface area (Å²) >= 11 is 7.45. The molecule has 3 rings (SSSR count). The maximum absolute atomic E-state index is 12.4. The molecule has 0 saturated heterocycles. The molecule has 2 aromatic carbocycles. The summed E-state index contributed by atoms with van der Waals surface area (Å²) in [5, 5.41) is 13.1. The zero-order chi connectivity index (χ0) is 23.8. The van der Waals surface area contributed by atoms with Crippen LogP contribution in [0.1, 0.15) is 25.2 Å². The highest BCUT2D eigenvalue weighted by atomic mass is 35.5. The summed E-state index contributed by atoms with van der Waals surface area (Å²) < 4.78 is 1.99. The molecule has 1 amide bonds. The normalized spacial score (nSPS) is 12.1. The van der Waals surface area contributed by atoms with Crippen LogP contribution in [0.25, 0.3) is 5.69 Å². The summed E-state index contributed by atoms with van der Waals surface area (Å²) in [6.45, 7) is 3.57. The van der Waals surface area contributed by atoms with E-state index in [1.807, 2.05) is 61.1 Å². The Hall–Kier alpha value is -2.55. The van der Waals surface area contributed by atoms with Gasteiger partial charge in [0.15, 0.2) is 11.0 Å². The van der Waals surface area contributed by atoms with Crippen LogP contribution in [-0.2, 0) is 4.79 Å². The minimum Gasteiger partial charge on any atom is -0.375 e. The van der Waals surface area contributed by atoms with Gasteiger partial charge in [0.2, 0.25) is 5.91 Å². The highest BCUT2D eigenvalue weighted by Crippen LogP contribution is 2.27. The smallest absolute Gasteiger partial charge is 0.230 e. The van der Waals surface area contributed by atoms with E-state index in [2.05, 4.69) is 51.4 Å². The molecule has 3 aromatic rings. The van der Waals surface area contributed by atoms with Gasteiger partial charge in [0.1, 0.15) is 0 Å². The molecule has 1 unspecified atom stereocenters. The van der Waals surface area contributed by atoms with Crippen LogP contribution in [0.15, 0.2) is 59.8 Å². The molecule has 176 valence electrons. The summed E-state index contributed by atoms with van der Waals surface area (Å²) in [4.78, 5) is 16.7. The number of rotatable bonds is 11. The lowest BCUT2D eigenvalue weighted by Gasteiger charge is -2.20. The summed E-state index contributed by atoms with van der Waals surface area (Å²) in [6, 6.07) is 17.8. The van der Waals surface area contributed by atoms with E-state index in [0.717, 1.165) is 24.5 Å². The van der Waals surface area contributed by atoms with Gasteiger partial charge in [-0.15, -0.1) is 10.2 Å². The molecule has 0 spiro atoms. The van der Waals surface area contributed by atoms with Crippen LogP contribution in [0.2, 0.25) is 5.02 Å². The van der Waals surface area contributed by atoms with E-state index in [9.17, 15) is 4.79 Å². The lowest BCUT2D eigenvalue weighted by atomic mass is 10.2. The van der Waals surface area contributed by atoms with Crippen molar-refractivity contribution >= 4 is 35.0 Å². The average molecular weight is 487 g/mol. The summed E-state index contributed by atoms with van der Waals surface area (Å²) in [7, 11) is 6.06. The van der Waals surface area contributed by atoms with Crippen LogP contribution >= 0.6 is 23.4 Å². The van der Waals surface area contributed by atoms with E-state index in [1.54, 1.807) is 0 Å². The van der Waals surface area contributed by atoms with Crippen molar-refractivity contribution in [3.8, 4) is 5.69 Å². The lowest BCUT2D eigenvalue weighted by molar-refractivity contribution is -0.118. The van der Waals surface area contributed by atoms with Crippen LogP contribution in [0.4, 0.5) is 5.69 Å². The Balaban J connectivity index is 1.56. The zero-order valence-electron chi connectivity index (χ0n) is 19.5. The Morgan fingerprint density at radius 1 is 1.09 bits per heavy atom. The number of aromatic nitrogens is 3. The number of hydrogen-bond acceptors (Lipinski definition) is 6. The Labute approximate surface area is 205 Å². The van der Waals surface area contributed by atoms with Gasteiger partial charge in [0.05, 0.1) is 11.8 Å². The van der Waals surface area contributed by atoms with E-state index in [-0.39, 0.29) is 17.7 Å². The fourth-order valence-electron chi connectivity index (χ4n) is 3.25. The van der Waals surface area contributed by atoms with E-state index in [0.29, 0.717) is 16.7 Å². The molecule has 0 fully saturated rings. The second kappa shape index (κ2) is 12.1. The monoisotopic (exact) mass is 486 g/mol. The SMILES string of the molecule is CC(c1nnc(SCC(=O)NCCCN(C)c2ccccc2)n1-c1ccc(Cl)cc1)N(C)C. The van der Waals surface area contributed by atoms with Crippen LogP contribution in [0.5, 0.6) is 0 Å². The van der Waals surface area contributed by atoms with Gasteiger partial charge < -0.3 is 10.2 Å². The quantitative estimate of drug-likeness (QED) is 0.322. The summed E-state index contributed by atoms with van der Waals surface area (Å²) in [6.07, 6.45) is 0.868. The van der Waals surface area contributed by atoms with Crippen molar-refractivity contribution in [1.82, 2.24) is 25.0 Å². The number of para-hydroxylation sites is 1. The predicted octanol–water partition coefficient (Wildman–Crippen LogP) is 4.28. The van der Waals surface area contributed by atoms with Gasteiger partial charge in [-0.1, -0.05) is 41.6 Å². The number of carbonyl (C=O) groups is 1. The molecule has 0 aliphatic carbocycles. The van der Waals surface area contributed by atoms with Crippen LogP contribution in [-0.4, -0.2) is 65.6 Å². The fourth-order valence-corrected chi connectivity index (χ4v) is 4.16. The summed E-state index contributed by atoms with van der Waals surface area (Å²) in [5.41, 5.74) is 2.09. The molecule has 1 atom stereocenters. The first kappa shape index (κ1) is 25.1. The Morgan fingerprint density at radius 3 is 2.45 bits per heavy atom. The first-order chi connectivity index (χ1) is 15.9. The van der Waals surface area contributed by atoms with E-state index in [1.165, 1.54) is 17.4 Å². The van der Waals surface area contributed by atoms with Gasteiger partial charge in [-0.3, -0.25) is 14.3 Å².